The van der Waals surface area contributed by atoms with Crippen molar-refractivity contribution in [1.29, 1.82) is 0 Å². The van der Waals surface area contributed by atoms with Gasteiger partial charge in [-0.1, -0.05) is 0 Å². The molecule has 1 saturated heterocycles. The summed E-state index contributed by atoms with van der Waals surface area (Å²) < 4.78 is 5.15. The van der Waals surface area contributed by atoms with Crippen molar-refractivity contribution in [3.63, 3.8) is 0 Å². The Morgan fingerprint density at radius 1 is 0.756 bits per heavy atom. The summed E-state index contributed by atoms with van der Waals surface area (Å²) in [7, 11) is 0. The maximum atomic E-state index is 12.2. The zero-order valence-corrected chi connectivity index (χ0v) is 23.0. The summed E-state index contributed by atoms with van der Waals surface area (Å²) in [5, 5.41) is 48.8. The van der Waals surface area contributed by atoms with E-state index in [4.69, 9.17) is 4.74 Å². The minimum Gasteiger partial charge on any atom is -0.549 e. The van der Waals surface area contributed by atoms with Gasteiger partial charge >= 0.3 is 0 Å². The molecular weight excluding hydrogens is 546 g/mol. The van der Waals surface area contributed by atoms with E-state index in [9.17, 15) is 49.2 Å². The van der Waals surface area contributed by atoms with E-state index in [1.54, 1.807) is 11.8 Å². The van der Waals surface area contributed by atoms with E-state index in [0.717, 1.165) is 0 Å². The molecule has 1 atom stereocenters. The maximum absolute atomic E-state index is 12.2. The van der Waals surface area contributed by atoms with Crippen LogP contribution in [0.3, 0.4) is 0 Å². The van der Waals surface area contributed by atoms with Crippen molar-refractivity contribution in [1.82, 2.24) is 19.6 Å². The lowest BCUT2D eigenvalue weighted by atomic mass is 10.1. The SMILES string of the molecule is CCOc1c(NCCCC(C(=O)[O-])N2CCN(CC(=O)[O-])CCN(CC(=O)[O-])CCN(CC(=O)[O-])CC2)c(=O)c1=O. The molecule has 16 nitrogen and oxygen atoms in total. The number of aliphatic carboxylic acids is 4. The Balaban J connectivity index is 2.15. The summed E-state index contributed by atoms with van der Waals surface area (Å²) in [6.07, 6.45) is 0.318. The molecule has 1 aliphatic rings. The molecule has 2 rings (SSSR count). The molecule has 0 aliphatic carbocycles. The first-order valence-electron chi connectivity index (χ1n) is 13.3. The molecule has 1 aliphatic heterocycles. The average molecular weight is 582 g/mol. The van der Waals surface area contributed by atoms with Crippen molar-refractivity contribution in [2.45, 2.75) is 25.8 Å². The van der Waals surface area contributed by atoms with Crippen molar-refractivity contribution < 1.29 is 44.3 Å². The summed E-state index contributed by atoms with van der Waals surface area (Å²) in [6.45, 7) is 1.51. The standard InChI is InChI=1S/C25H39N5O11/c1-2-41-24-21(22(37)23(24)38)26-5-3-4-17(25(39)40)30-12-10-28(15-19(33)34)8-6-27(14-18(31)32)7-9-29(11-13-30)16-20(35)36/h17,26H,2-16H2,1H3,(H,31,32)(H,33,34)(H,35,36)(H,39,40)/p-4. The van der Waals surface area contributed by atoms with Gasteiger partial charge in [0.05, 0.1) is 30.5 Å². The zero-order chi connectivity index (χ0) is 30.5. The fourth-order valence-corrected chi connectivity index (χ4v) is 4.66. The van der Waals surface area contributed by atoms with E-state index < -0.39 is 60.4 Å². The predicted molar refractivity (Wildman–Crippen MR) is 135 cm³/mol. The molecule has 1 heterocycles. The van der Waals surface area contributed by atoms with Gasteiger partial charge in [0, 0.05) is 84.6 Å². The lowest BCUT2D eigenvalue weighted by Crippen LogP contribution is -2.55. The van der Waals surface area contributed by atoms with Crippen LogP contribution in [0, 0.1) is 0 Å². The smallest absolute Gasteiger partial charge is 0.272 e. The van der Waals surface area contributed by atoms with Gasteiger partial charge in [0.15, 0.2) is 5.75 Å². The van der Waals surface area contributed by atoms with E-state index in [1.165, 1.54) is 14.7 Å². The Kier molecular flexibility index (Phi) is 13.6. The molecule has 0 bridgehead atoms. The molecule has 0 aromatic heterocycles. The van der Waals surface area contributed by atoms with E-state index >= 15 is 0 Å². The largest absolute Gasteiger partial charge is 0.549 e. The minimum absolute atomic E-state index is 0.0386. The number of carboxylic acids is 4. The van der Waals surface area contributed by atoms with Crippen molar-refractivity contribution in [3.05, 3.63) is 20.4 Å². The first kappa shape index (κ1) is 33.6. The molecule has 0 radical (unpaired) electrons. The van der Waals surface area contributed by atoms with Crippen LogP contribution >= 0.6 is 0 Å². The van der Waals surface area contributed by atoms with Crippen LogP contribution in [0.1, 0.15) is 19.8 Å². The minimum atomic E-state index is -1.39. The topological polar surface area (TPSA) is 229 Å². The number of ether oxygens (including phenoxy) is 1. The molecule has 16 heteroatoms. The summed E-state index contributed by atoms with van der Waals surface area (Å²) in [5.74, 6) is -5.51. The van der Waals surface area contributed by atoms with Gasteiger partial charge < -0.3 is 49.7 Å². The molecule has 0 spiro atoms. The van der Waals surface area contributed by atoms with Gasteiger partial charge in [-0.2, -0.15) is 0 Å². The average Bonchev–Trinajstić information content (AvgIpc) is 2.89. The number of anilines is 1. The van der Waals surface area contributed by atoms with Crippen LogP contribution in [0.4, 0.5) is 5.69 Å². The first-order valence-corrected chi connectivity index (χ1v) is 13.3. The van der Waals surface area contributed by atoms with Crippen LogP contribution in [-0.2, 0) is 19.2 Å². The molecule has 0 amide bonds. The number of carbonyl (C=O) groups excluding carboxylic acids is 4. The maximum Gasteiger partial charge on any atom is 0.272 e. The number of nitrogens with zero attached hydrogens (tertiary/aromatic N) is 4. The molecule has 0 saturated carbocycles. The van der Waals surface area contributed by atoms with Crippen molar-refractivity contribution in [2.24, 2.45) is 0 Å². The van der Waals surface area contributed by atoms with Crippen molar-refractivity contribution in [2.75, 3.05) is 90.5 Å². The number of hydrogen-bond acceptors (Lipinski definition) is 16. The molecule has 1 aromatic rings. The fourth-order valence-electron chi connectivity index (χ4n) is 4.66. The third-order valence-corrected chi connectivity index (χ3v) is 6.75. The van der Waals surface area contributed by atoms with Gasteiger partial charge in [-0.25, -0.2) is 0 Å². The second kappa shape index (κ2) is 16.6. The molecule has 230 valence electrons. The van der Waals surface area contributed by atoms with E-state index in [0.29, 0.717) is 0 Å². The molecular formula is C25H35N5O11-4. The van der Waals surface area contributed by atoms with Gasteiger partial charge in [0.25, 0.3) is 10.9 Å². The Bertz CT molecular complexity index is 1090. The Morgan fingerprint density at radius 2 is 1.20 bits per heavy atom. The van der Waals surface area contributed by atoms with Gasteiger partial charge in [0.2, 0.25) is 0 Å². The van der Waals surface area contributed by atoms with Crippen molar-refractivity contribution in [3.8, 4) is 5.75 Å². The van der Waals surface area contributed by atoms with Gasteiger partial charge in [0.1, 0.15) is 5.69 Å². The van der Waals surface area contributed by atoms with Gasteiger partial charge in [-0.3, -0.25) is 29.2 Å². The normalized spacial score (nSPS) is 17.8. The second-order valence-corrected chi connectivity index (χ2v) is 9.68. The van der Waals surface area contributed by atoms with Crippen LogP contribution in [0.5, 0.6) is 5.75 Å². The summed E-state index contributed by atoms with van der Waals surface area (Å²) in [6, 6.07) is -1.14. The van der Waals surface area contributed by atoms with Crippen LogP contribution in [0.2, 0.25) is 0 Å². The fraction of sp³-hybridized carbons (Fsp3) is 0.680. The third kappa shape index (κ3) is 11.1. The highest BCUT2D eigenvalue weighted by molar-refractivity contribution is 5.71. The molecule has 41 heavy (non-hydrogen) atoms. The zero-order valence-electron chi connectivity index (χ0n) is 23.0. The highest BCUT2D eigenvalue weighted by atomic mass is 16.5. The second-order valence-electron chi connectivity index (χ2n) is 9.68. The van der Waals surface area contributed by atoms with Crippen LogP contribution < -0.4 is 41.3 Å². The summed E-state index contributed by atoms with van der Waals surface area (Å²) in [5.41, 5.74) is -1.41. The van der Waals surface area contributed by atoms with Crippen LogP contribution in [-0.4, -0.2) is 135 Å². The third-order valence-electron chi connectivity index (χ3n) is 6.75. The number of hydrogen-bond donors (Lipinski definition) is 1. The molecule has 1 aromatic carbocycles. The van der Waals surface area contributed by atoms with Crippen molar-refractivity contribution >= 4 is 29.6 Å². The Morgan fingerprint density at radius 3 is 1.59 bits per heavy atom. The summed E-state index contributed by atoms with van der Waals surface area (Å²) in [4.78, 5) is 75.5. The Hall–Kier alpha value is -3.60. The highest BCUT2D eigenvalue weighted by Crippen LogP contribution is 2.17. The quantitative estimate of drug-likeness (QED) is 0.150. The lowest BCUT2D eigenvalue weighted by molar-refractivity contribution is -0.313. The van der Waals surface area contributed by atoms with Gasteiger partial charge in [-0.15, -0.1) is 0 Å². The number of rotatable bonds is 15. The number of nitrogens with one attached hydrogen (secondary N) is 1. The van der Waals surface area contributed by atoms with Crippen LogP contribution in [0.15, 0.2) is 9.59 Å². The van der Waals surface area contributed by atoms with E-state index in [2.05, 4.69) is 5.32 Å². The van der Waals surface area contributed by atoms with Crippen LogP contribution in [0.25, 0.3) is 0 Å². The monoisotopic (exact) mass is 581 g/mol. The predicted octanol–water partition coefficient (Wildman–Crippen LogP) is -7.54. The molecule has 1 unspecified atom stereocenters. The van der Waals surface area contributed by atoms with E-state index in [-0.39, 0.29) is 89.8 Å². The van der Waals surface area contributed by atoms with Gasteiger partial charge in [-0.05, 0) is 19.8 Å². The van der Waals surface area contributed by atoms with E-state index in [1.807, 2.05) is 0 Å². The molecule has 1 fully saturated rings. The number of carbonyl (C=O) groups is 4. The Labute approximate surface area is 236 Å². The lowest BCUT2D eigenvalue weighted by Gasteiger charge is -2.38. The highest BCUT2D eigenvalue weighted by Gasteiger charge is 2.24. The first-order chi connectivity index (χ1) is 19.4. The molecule has 1 N–H and O–H groups in total. The summed E-state index contributed by atoms with van der Waals surface area (Å²) >= 11 is 0. The number of carboxylic acid groups (broad SMARTS) is 4.